The van der Waals surface area contributed by atoms with Crippen molar-refractivity contribution in [3.05, 3.63) is 24.3 Å². The average Bonchev–Trinajstić information content (AvgIpc) is 1.96. The summed E-state index contributed by atoms with van der Waals surface area (Å²) in [6, 6.07) is 0. The molecular weight excluding hydrogens is 126 g/mol. The van der Waals surface area contributed by atoms with E-state index >= 15 is 0 Å². The average molecular weight is 139 g/mol. The molecule has 2 atom stereocenters. The van der Waals surface area contributed by atoms with Crippen molar-refractivity contribution in [3.63, 3.8) is 0 Å². The molecule has 0 spiro atoms. The van der Waals surface area contributed by atoms with Gasteiger partial charge in [-0.3, -0.25) is 0 Å². The third kappa shape index (κ3) is 1.13. The van der Waals surface area contributed by atoms with Crippen molar-refractivity contribution < 1.29 is 5.11 Å². The minimum absolute atomic E-state index is 0.525. The van der Waals surface area contributed by atoms with Gasteiger partial charge in [-0.1, -0.05) is 31.2 Å². The van der Waals surface area contributed by atoms with E-state index in [1.54, 1.807) is 6.08 Å². The van der Waals surface area contributed by atoms with Crippen LogP contribution in [0.1, 0.15) is 13.3 Å². The van der Waals surface area contributed by atoms with E-state index in [1.165, 1.54) is 0 Å². The molecule has 3 N–H and O–H groups in total. The van der Waals surface area contributed by atoms with Crippen LogP contribution in [0, 0.1) is 0 Å². The van der Waals surface area contributed by atoms with Crippen molar-refractivity contribution in [1.82, 2.24) is 0 Å². The SMILES string of the molecule is CCC1(N)C=CC=CC1O. The van der Waals surface area contributed by atoms with Gasteiger partial charge >= 0.3 is 0 Å². The number of aliphatic hydroxyl groups is 1. The molecule has 0 aromatic carbocycles. The minimum Gasteiger partial charge on any atom is -0.387 e. The molecule has 0 amide bonds. The van der Waals surface area contributed by atoms with Gasteiger partial charge in [0.2, 0.25) is 0 Å². The van der Waals surface area contributed by atoms with Crippen molar-refractivity contribution in [3.8, 4) is 0 Å². The van der Waals surface area contributed by atoms with Crippen LogP contribution < -0.4 is 5.73 Å². The van der Waals surface area contributed by atoms with E-state index < -0.39 is 11.6 Å². The largest absolute Gasteiger partial charge is 0.387 e. The van der Waals surface area contributed by atoms with Crippen molar-refractivity contribution in [1.29, 1.82) is 0 Å². The normalized spacial score (nSPS) is 38.5. The van der Waals surface area contributed by atoms with E-state index in [4.69, 9.17) is 5.73 Å². The van der Waals surface area contributed by atoms with Gasteiger partial charge in [0.1, 0.15) is 0 Å². The molecule has 0 aliphatic heterocycles. The summed E-state index contributed by atoms with van der Waals surface area (Å²) >= 11 is 0. The fraction of sp³-hybridized carbons (Fsp3) is 0.500. The molecule has 1 aliphatic carbocycles. The van der Waals surface area contributed by atoms with E-state index in [0.29, 0.717) is 0 Å². The summed E-state index contributed by atoms with van der Waals surface area (Å²) in [6.07, 6.45) is 7.47. The van der Waals surface area contributed by atoms with E-state index in [9.17, 15) is 5.11 Å². The van der Waals surface area contributed by atoms with Crippen LogP contribution in [0.3, 0.4) is 0 Å². The standard InChI is InChI=1S/C8H13NO/c1-2-8(9)6-4-3-5-7(8)10/h3-7,10H,2,9H2,1H3. The van der Waals surface area contributed by atoms with Gasteiger partial charge in [-0.2, -0.15) is 0 Å². The van der Waals surface area contributed by atoms with Gasteiger partial charge in [0.25, 0.3) is 0 Å². The van der Waals surface area contributed by atoms with Gasteiger partial charge in [-0.05, 0) is 6.42 Å². The smallest absolute Gasteiger partial charge is 0.0939 e. The lowest BCUT2D eigenvalue weighted by atomic mass is 9.87. The van der Waals surface area contributed by atoms with Crippen LogP contribution in [0.2, 0.25) is 0 Å². The molecule has 2 unspecified atom stereocenters. The lowest BCUT2D eigenvalue weighted by Crippen LogP contribution is -2.48. The molecule has 0 fully saturated rings. The summed E-state index contributed by atoms with van der Waals surface area (Å²) in [5, 5.41) is 9.37. The Bertz CT molecular complexity index is 174. The molecule has 0 aromatic heterocycles. The first-order valence-corrected chi connectivity index (χ1v) is 3.52. The van der Waals surface area contributed by atoms with E-state index in [2.05, 4.69) is 0 Å². The lowest BCUT2D eigenvalue weighted by molar-refractivity contribution is 0.149. The Balaban J connectivity index is 2.77. The first kappa shape index (κ1) is 7.51. The maximum atomic E-state index is 9.37. The predicted molar refractivity (Wildman–Crippen MR) is 41.5 cm³/mol. The number of nitrogens with two attached hydrogens (primary N) is 1. The Morgan fingerprint density at radius 1 is 1.60 bits per heavy atom. The zero-order valence-corrected chi connectivity index (χ0v) is 6.12. The van der Waals surface area contributed by atoms with Crippen molar-refractivity contribution in [2.45, 2.75) is 25.0 Å². The minimum atomic E-state index is -0.533. The number of aliphatic hydroxyl groups excluding tert-OH is 1. The predicted octanol–water partition coefficient (Wildman–Crippen LogP) is 0.581. The lowest BCUT2D eigenvalue weighted by Gasteiger charge is -2.29. The molecule has 0 heterocycles. The molecule has 1 aliphatic rings. The monoisotopic (exact) mass is 139 g/mol. The van der Waals surface area contributed by atoms with Gasteiger partial charge in [0, 0.05) is 0 Å². The van der Waals surface area contributed by atoms with Crippen molar-refractivity contribution >= 4 is 0 Å². The zero-order chi connectivity index (χ0) is 7.61. The molecule has 1 rings (SSSR count). The van der Waals surface area contributed by atoms with Gasteiger partial charge in [-0.15, -0.1) is 0 Å². The second kappa shape index (κ2) is 2.56. The molecular formula is C8H13NO. The summed E-state index contributed by atoms with van der Waals surface area (Å²) in [7, 11) is 0. The molecule has 0 aromatic rings. The highest BCUT2D eigenvalue weighted by Crippen LogP contribution is 2.18. The number of hydrogen-bond donors (Lipinski definition) is 2. The summed E-state index contributed by atoms with van der Waals surface area (Å²) in [5.74, 6) is 0. The van der Waals surface area contributed by atoms with Crippen LogP contribution in [0.5, 0.6) is 0 Å². The highest BCUT2D eigenvalue weighted by molar-refractivity contribution is 5.24. The van der Waals surface area contributed by atoms with Gasteiger partial charge in [0.15, 0.2) is 0 Å². The molecule has 2 heteroatoms. The summed E-state index contributed by atoms with van der Waals surface area (Å²) in [5.41, 5.74) is 5.28. The molecule has 56 valence electrons. The summed E-state index contributed by atoms with van der Waals surface area (Å²) in [4.78, 5) is 0. The second-order valence-corrected chi connectivity index (χ2v) is 2.65. The number of rotatable bonds is 1. The highest BCUT2D eigenvalue weighted by Gasteiger charge is 2.27. The Labute approximate surface area is 61.0 Å². The van der Waals surface area contributed by atoms with E-state index in [0.717, 1.165) is 6.42 Å². The summed E-state index contributed by atoms with van der Waals surface area (Å²) in [6.45, 7) is 1.96. The van der Waals surface area contributed by atoms with Crippen LogP contribution in [0.25, 0.3) is 0 Å². The van der Waals surface area contributed by atoms with Crippen LogP contribution in [0.4, 0.5) is 0 Å². The molecule has 0 bridgehead atoms. The Morgan fingerprint density at radius 3 is 2.70 bits per heavy atom. The molecule has 0 radical (unpaired) electrons. The number of hydrogen-bond acceptors (Lipinski definition) is 2. The Hall–Kier alpha value is -0.600. The maximum Gasteiger partial charge on any atom is 0.0939 e. The molecule has 0 saturated heterocycles. The van der Waals surface area contributed by atoms with Gasteiger partial charge in [-0.25, -0.2) is 0 Å². The maximum absolute atomic E-state index is 9.37. The quantitative estimate of drug-likeness (QED) is 0.558. The molecule has 0 saturated carbocycles. The highest BCUT2D eigenvalue weighted by atomic mass is 16.3. The van der Waals surface area contributed by atoms with Crippen LogP contribution in [0.15, 0.2) is 24.3 Å². The van der Waals surface area contributed by atoms with Crippen molar-refractivity contribution in [2.24, 2.45) is 5.73 Å². The fourth-order valence-electron chi connectivity index (χ4n) is 1.01. The third-order valence-electron chi connectivity index (χ3n) is 1.97. The van der Waals surface area contributed by atoms with Gasteiger partial charge in [0.05, 0.1) is 11.6 Å². The summed E-state index contributed by atoms with van der Waals surface area (Å²) < 4.78 is 0. The molecule has 2 nitrogen and oxygen atoms in total. The zero-order valence-electron chi connectivity index (χ0n) is 6.12. The van der Waals surface area contributed by atoms with Crippen LogP contribution >= 0.6 is 0 Å². The first-order chi connectivity index (χ1) is 4.69. The van der Waals surface area contributed by atoms with Crippen molar-refractivity contribution in [2.75, 3.05) is 0 Å². The van der Waals surface area contributed by atoms with Crippen LogP contribution in [-0.2, 0) is 0 Å². The van der Waals surface area contributed by atoms with Crippen LogP contribution in [-0.4, -0.2) is 16.7 Å². The first-order valence-electron chi connectivity index (χ1n) is 3.52. The third-order valence-corrected chi connectivity index (χ3v) is 1.97. The Kier molecular flexibility index (Phi) is 1.92. The fourth-order valence-corrected chi connectivity index (χ4v) is 1.01. The second-order valence-electron chi connectivity index (χ2n) is 2.65. The topological polar surface area (TPSA) is 46.2 Å². The van der Waals surface area contributed by atoms with Gasteiger partial charge < -0.3 is 10.8 Å². The Morgan fingerprint density at radius 2 is 2.30 bits per heavy atom. The molecule has 10 heavy (non-hydrogen) atoms. The number of allylic oxidation sites excluding steroid dienone is 2. The van der Waals surface area contributed by atoms with E-state index in [1.807, 2.05) is 25.2 Å². The van der Waals surface area contributed by atoms with E-state index in [-0.39, 0.29) is 0 Å².